The van der Waals surface area contributed by atoms with Crippen LogP contribution in [-0.4, -0.2) is 16.8 Å². The third kappa shape index (κ3) is 1.83. The topological polar surface area (TPSA) is 29.9 Å². The summed E-state index contributed by atoms with van der Waals surface area (Å²) in [6.07, 6.45) is 0. The molecule has 0 saturated heterocycles. The zero-order valence-corrected chi connectivity index (χ0v) is 8.66. The van der Waals surface area contributed by atoms with Gasteiger partial charge in [0, 0.05) is 25.7 Å². The minimum absolute atomic E-state index is 0.236. The summed E-state index contributed by atoms with van der Waals surface area (Å²) in [5.74, 6) is 0.538. The molecule has 0 aliphatic rings. The highest BCUT2D eigenvalue weighted by atomic mass is 19.1. The van der Waals surface area contributed by atoms with E-state index >= 15 is 0 Å². The summed E-state index contributed by atoms with van der Waals surface area (Å²) in [6.45, 7) is 0. The molecule has 0 aliphatic heterocycles. The lowest BCUT2D eigenvalue weighted by molar-refractivity contribution is 0.628. The molecule has 0 bridgehead atoms. The van der Waals surface area contributed by atoms with Crippen molar-refractivity contribution in [3.8, 4) is 11.3 Å². The van der Waals surface area contributed by atoms with Crippen LogP contribution in [0.2, 0.25) is 0 Å². The molecule has 0 fully saturated rings. The Morgan fingerprint density at radius 1 is 1.33 bits per heavy atom. The van der Waals surface area contributed by atoms with Gasteiger partial charge < -0.3 is 5.32 Å². The molecule has 2 rings (SSSR count). The normalized spacial score (nSPS) is 10.3. The highest BCUT2D eigenvalue weighted by Crippen LogP contribution is 2.22. The Bertz CT molecular complexity index is 476. The van der Waals surface area contributed by atoms with Crippen LogP contribution < -0.4 is 5.32 Å². The van der Waals surface area contributed by atoms with Gasteiger partial charge >= 0.3 is 0 Å². The predicted molar refractivity (Wildman–Crippen MR) is 58.1 cm³/mol. The van der Waals surface area contributed by atoms with E-state index in [0.717, 1.165) is 17.1 Å². The van der Waals surface area contributed by atoms with Crippen LogP contribution in [0.25, 0.3) is 11.3 Å². The number of aromatic nitrogens is 2. The average molecular weight is 205 g/mol. The van der Waals surface area contributed by atoms with Crippen molar-refractivity contribution >= 4 is 5.82 Å². The fraction of sp³-hybridized carbons (Fsp3) is 0.182. The summed E-state index contributed by atoms with van der Waals surface area (Å²) in [5.41, 5.74) is 1.71. The van der Waals surface area contributed by atoms with Crippen molar-refractivity contribution < 1.29 is 4.39 Å². The van der Waals surface area contributed by atoms with Crippen molar-refractivity contribution in [2.45, 2.75) is 0 Å². The summed E-state index contributed by atoms with van der Waals surface area (Å²) in [4.78, 5) is 0. The van der Waals surface area contributed by atoms with Crippen molar-refractivity contribution in [1.29, 1.82) is 0 Å². The Kier molecular flexibility index (Phi) is 2.41. The zero-order chi connectivity index (χ0) is 10.8. The Morgan fingerprint density at radius 3 is 2.73 bits per heavy atom. The van der Waals surface area contributed by atoms with Crippen LogP contribution in [0.3, 0.4) is 0 Å². The Morgan fingerprint density at radius 2 is 2.13 bits per heavy atom. The molecule has 3 nitrogen and oxygen atoms in total. The Hall–Kier alpha value is -1.84. The fourth-order valence-electron chi connectivity index (χ4n) is 1.51. The molecule has 0 saturated carbocycles. The zero-order valence-electron chi connectivity index (χ0n) is 8.66. The Labute approximate surface area is 87.5 Å². The summed E-state index contributed by atoms with van der Waals surface area (Å²) in [6, 6.07) is 8.36. The van der Waals surface area contributed by atoms with Gasteiger partial charge in [-0.05, 0) is 12.1 Å². The van der Waals surface area contributed by atoms with E-state index in [9.17, 15) is 4.39 Å². The van der Waals surface area contributed by atoms with Crippen LogP contribution in [0.5, 0.6) is 0 Å². The van der Waals surface area contributed by atoms with Crippen LogP contribution in [0.1, 0.15) is 0 Å². The highest BCUT2D eigenvalue weighted by molar-refractivity contribution is 5.63. The summed E-state index contributed by atoms with van der Waals surface area (Å²) in [5, 5.41) is 7.17. The van der Waals surface area contributed by atoms with E-state index in [2.05, 4.69) is 10.4 Å². The largest absolute Gasteiger partial charge is 0.372 e. The number of aryl methyl sites for hydroxylation is 1. The maximum absolute atomic E-state index is 13.0. The lowest BCUT2D eigenvalue weighted by Crippen LogP contribution is -1.95. The first-order chi connectivity index (χ1) is 7.20. The predicted octanol–water partition coefficient (Wildman–Crippen LogP) is 2.27. The molecule has 0 spiro atoms. The monoisotopic (exact) mass is 205 g/mol. The molecule has 1 aromatic carbocycles. The van der Waals surface area contributed by atoms with Crippen molar-refractivity contribution in [1.82, 2.24) is 9.78 Å². The van der Waals surface area contributed by atoms with E-state index in [1.54, 1.807) is 17.8 Å². The molecule has 0 atom stereocenters. The number of rotatable bonds is 2. The quantitative estimate of drug-likeness (QED) is 0.815. The van der Waals surface area contributed by atoms with E-state index < -0.39 is 0 Å². The third-order valence-corrected chi connectivity index (χ3v) is 2.26. The van der Waals surface area contributed by atoms with Gasteiger partial charge in [-0.2, -0.15) is 5.10 Å². The SMILES string of the molecule is CNc1cc(-c2cccc(F)c2)n(C)n1. The second-order valence-electron chi connectivity index (χ2n) is 3.30. The molecule has 15 heavy (non-hydrogen) atoms. The smallest absolute Gasteiger partial charge is 0.148 e. The summed E-state index contributed by atoms with van der Waals surface area (Å²) < 4.78 is 14.8. The molecular formula is C11H12FN3. The van der Waals surface area contributed by atoms with Crippen LogP contribution in [0.15, 0.2) is 30.3 Å². The fourth-order valence-corrected chi connectivity index (χ4v) is 1.51. The maximum atomic E-state index is 13.0. The lowest BCUT2D eigenvalue weighted by atomic mass is 10.1. The van der Waals surface area contributed by atoms with Gasteiger partial charge in [0.2, 0.25) is 0 Å². The van der Waals surface area contributed by atoms with E-state index in [-0.39, 0.29) is 5.82 Å². The summed E-state index contributed by atoms with van der Waals surface area (Å²) >= 11 is 0. The van der Waals surface area contributed by atoms with Gasteiger partial charge in [0.15, 0.2) is 0 Å². The summed E-state index contributed by atoms with van der Waals surface area (Å²) in [7, 11) is 3.64. The number of hydrogen-bond acceptors (Lipinski definition) is 2. The van der Waals surface area contributed by atoms with E-state index in [4.69, 9.17) is 0 Å². The number of anilines is 1. The van der Waals surface area contributed by atoms with Crippen LogP contribution in [-0.2, 0) is 7.05 Å². The molecule has 0 radical (unpaired) electrons. The van der Waals surface area contributed by atoms with Crippen molar-refractivity contribution in [2.75, 3.05) is 12.4 Å². The van der Waals surface area contributed by atoms with Gasteiger partial charge in [-0.25, -0.2) is 4.39 Å². The minimum Gasteiger partial charge on any atom is -0.372 e. The number of benzene rings is 1. The lowest BCUT2D eigenvalue weighted by Gasteiger charge is -2.00. The van der Waals surface area contributed by atoms with Gasteiger partial charge in [0.25, 0.3) is 0 Å². The average Bonchev–Trinajstić information content (AvgIpc) is 2.60. The molecule has 78 valence electrons. The van der Waals surface area contributed by atoms with Crippen LogP contribution in [0.4, 0.5) is 10.2 Å². The van der Waals surface area contributed by atoms with Crippen LogP contribution in [0, 0.1) is 5.82 Å². The van der Waals surface area contributed by atoms with E-state index in [1.807, 2.05) is 19.2 Å². The molecule has 2 aromatic rings. The van der Waals surface area contributed by atoms with Gasteiger partial charge in [-0.1, -0.05) is 12.1 Å². The number of halogens is 1. The van der Waals surface area contributed by atoms with Crippen LogP contribution >= 0.6 is 0 Å². The number of nitrogens with zero attached hydrogens (tertiary/aromatic N) is 2. The molecule has 0 amide bonds. The van der Waals surface area contributed by atoms with Crippen molar-refractivity contribution in [3.63, 3.8) is 0 Å². The molecule has 4 heteroatoms. The van der Waals surface area contributed by atoms with E-state index in [1.165, 1.54) is 12.1 Å². The highest BCUT2D eigenvalue weighted by Gasteiger charge is 2.06. The van der Waals surface area contributed by atoms with Gasteiger partial charge in [0.05, 0.1) is 5.69 Å². The Balaban J connectivity index is 2.48. The first-order valence-electron chi connectivity index (χ1n) is 4.68. The standard InChI is InChI=1S/C11H12FN3/c1-13-11-7-10(15(2)14-11)8-4-3-5-9(12)6-8/h3-7H,1-2H3,(H,13,14). The number of hydrogen-bond donors (Lipinski definition) is 1. The van der Waals surface area contributed by atoms with Gasteiger partial charge in [0.1, 0.15) is 11.6 Å². The van der Waals surface area contributed by atoms with Crippen molar-refractivity contribution in [3.05, 3.63) is 36.1 Å². The molecular weight excluding hydrogens is 193 g/mol. The minimum atomic E-state index is -0.236. The maximum Gasteiger partial charge on any atom is 0.148 e. The molecule has 1 aromatic heterocycles. The molecule has 1 heterocycles. The number of nitrogens with one attached hydrogen (secondary N) is 1. The molecule has 0 aliphatic carbocycles. The van der Waals surface area contributed by atoms with E-state index in [0.29, 0.717) is 0 Å². The second kappa shape index (κ2) is 3.73. The van der Waals surface area contributed by atoms with Gasteiger partial charge in [-0.3, -0.25) is 4.68 Å². The molecule has 0 unspecified atom stereocenters. The van der Waals surface area contributed by atoms with Gasteiger partial charge in [-0.15, -0.1) is 0 Å². The van der Waals surface area contributed by atoms with Crippen molar-refractivity contribution in [2.24, 2.45) is 7.05 Å². The molecule has 1 N–H and O–H groups in total. The first-order valence-corrected chi connectivity index (χ1v) is 4.68. The third-order valence-electron chi connectivity index (χ3n) is 2.26. The second-order valence-corrected chi connectivity index (χ2v) is 3.30. The first kappa shape index (κ1) is 9.71.